The number of rotatable bonds is 7. The van der Waals surface area contributed by atoms with Crippen molar-refractivity contribution in [3.8, 4) is 5.75 Å². The van der Waals surface area contributed by atoms with Gasteiger partial charge in [0, 0.05) is 28.7 Å². The van der Waals surface area contributed by atoms with Gasteiger partial charge in [0.05, 0.1) is 5.02 Å². The zero-order chi connectivity index (χ0) is 18.4. The van der Waals surface area contributed by atoms with E-state index in [1.165, 1.54) is 17.7 Å². The van der Waals surface area contributed by atoms with Gasteiger partial charge in [-0.1, -0.05) is 63.9 Å². The van der Waals surface area contributed by atoms with Crippen molar-refractivity contribution in [3.63, 3.8) is 0 Å². The highest BCUT2D eigenvalue weighted by molar-refractivity contribution is 9.10. The standard InChI is InChI=1S/C21H18BrClFNO/c22-18-7-9-21(26-14-16-6-8-19(24)11-20(16)23)17(10-18)13-25-12-15-4-2-1-3-5-15/h1-11,25H,12-14H2. The minimum Gasteiger partial charge on any atom is -0.489 e. The summed E-state index contributed by atoms with van der Waals surface area (Å²) in [4.78, 5) is 0. The molecule has 0 atom stereocenters. The summed E-state index contributed by atoms with van der Waals surface area (Å²) in [7, 11) is 0. The third-order valence-corrected chi connectivity index (χ3v) is 4.75. The lowest BCUT2D eigenvalue weighted by atomic mass is 10.1. The normalized spacial score (nSPS) is 10.7. The molecule has 3 rings (SSSR count). The number of hydrogen-bond donors (Lipinski definition) is 1. The van der Waals surface area contributed by atoms with Crippen molar-refractivity contribution in [1.29, 1.82) is 0 Å². The van der Waals surface area contributed by atoms with Crippen LogP contribution in [0.5, 0.6) is 5.75 Å². The first kappa shape index (κ1) is 18.9. The average Bonchev–Trinajstić information content (AvgIpc) is 2.63. The molecule has 1 N–H and O–H groups in total. The molecule has 0 aliphatic carbocycles. The monoisotopic (exact) mass is 433 g/mol. The Kier molecular flexibility index (Phi) is 6.67. The molecule has 0 aromatic heterocycles. The van der Waals surface area contributed by atoms with Crippen LogP contribution in [0.1, 0.15) is 16.7 Å². The van der Waals surface area contributed by atoms with E-state index >= 15 is 0 Å². The quantitative estimate of drug-likeness (QED) is 0.484. The summed E-state index contributed by atoms with van der Waals surface area (Å²) < 4.78 is 20.1. The number of benzene rings is 3. The molecule has 0 amide bonds. The van der Waals surface area contributed by atoms with Gasteiger partial charge in [0.15, 0.2) is 0 Å². The SMILES string of the molecule is Fc1ccc(COc2ccc(Br)cc2CNCc2ccccc2)c(Cl)c1. The lowest BCUT2D eigenvalue weighted by Crippen LogP contribution is -2.13. The van der Waals surface area contributed by atoms with Gasteiger partial charge in [-0.05, 0) is 35.9 Å². The van der Waals surface area contributed by atoms with Crippen molar-refractivity contribution in [2.45, 2.75) is 19.7 Å². The summed E-state index contributed by atoms with van der Waals surface area (Å²) in [6.45, 7) is 1.73. The first-order valence-corrected chi connectivity index (χ1v) is 9.39. The topological polar surface area (TPSA) is 21.3 Å². The van der Waals surface area contributed by atoms with Gasteiger partial charge in [-0.2, -0.15) is 0 Å². The molecule has 2 nitrogen and oxygen atoms in total. The van der Waals surface area contributed by atoms with Gasteiger partial charge in [-0.3, -0.25) is 0 Å². The summed E-state index contributed by atoms with van der Waals surface area (Å²) >= 11 is 9.57. The lowest BCUT2D eigenvalue weighted by Gasteiger charge is -2.14. The second kappa shape index (κ2) is 9.17. The first-order valence-electron chi connectivity index (χ1n) is 8.21. The fourth-order valence-corrected chi connectivity index (χ4v) is 3.19. The molecule has 0 aliphatic rings. The number of ether oxygens (including phenoxy) is 1. The van der Waals surface area contributed by atoms with Crippen LogP contribution in [0.3, 0.4) is 0 Å². The zero-order valence-corrected chi connectivity index (χ0v) is 16.4. The summed E-state index contributed by atoms with van der Waals surface area (Å²) in [5.41, 5.74) is 3.01. The van der Waals surface area contributed by atoms with Crippen molar-refractivity contribution >= 4 is 27.5 Å². The van der Waals surface area contributed by atoms with E-state index in [9.17, 15) is 4.39 Å². The van der Waals surface area contributed by atoms with Crippen molar-refractivity contribution in [2.75, 3.05) is 0 Å². The minimum absolute atomic E-state index is 0.284. The van der Waals surface area contributed by atoms with Gasteiger partial charge in [0.25, 0.3) is 0 Å². The van der Waals surface area contributed by atoms with Gasteiger partial charge >= 0.3 is 0 Å². The van der Waals surface area contributed by atoms with Crippen LogP contribution in [0.15, 0.2) is 71.2 Å². The van der Waals surface area contributed by atoms with Crippen LogP contribution >= 0.6 is 27.5 Å². The Morgan fingerprint density at radius 3 is 2.50 bits per heavy atom. The molecule has 0 aliphatic heterocycles. The Labute approximate surface area is 166 Å². The highest BCUT2D eigenvalue weighted by Crippen LogP contribution is 2.26. The maximum Gasteiger partial charge on any atom is 0.124 e. The maximum absolute atomic E-state index is 13.2. The fourth-order valence-electron chi connectivity index (χ4n) is 2.56. The Bertz CT molecular complexity index is 873. The number of hydrogen-bond acceptors (Lipinski definition) is 2. The number of nitrogens with one attached hydrogen (secondary N) is 1. The maximum atomic E-state index is 13.2. The molecule has 0 saturated carbocycles. The highest BCUT2D eigenvalue weighted by Gasteiger charge is 2.08. The van der Waals surface area contributed by atoms with Crippen LogP contribution in [-0.2, 0) is 19.7 Å². The van der Waals surface area contributed by atoms with Crippen molar-refractivity contribution in [3.05, 3.63) is 98.7 Å². The summed E-state index contributed by atoms with van der Waals surface area (Å²) in [5.74, 6) is 0.419. The molecule has 134 valence electrons. The highest BCUT2D eigenvalue weighted by atomic mass is 79.9. The molecular formula is C21H18BrClFNO. The van der Waals surface area contributed by atoms with E-state index in [4.69, 9.17) is 16.3 Å². The van der Waals surface area contributed by atoms with Gasteiger partial charge < -0.3 is 10.1 Å². The molecule has 0 saturated heterocycles. The Morgan fingerprint density at radius 2 is 1.73 bits per heavy atom. The average molecular weight is 435 g/mol. The van der Waals surface area contributed by atoms with Gasteiger partial charge in [-0.25, -0.2) is 4.39 Å². The number of halogens is 3. The van der Waals surface area contributed by atoms with Gasteiger partial charge in [-0.15, -0.1) is 0 Å². The van der Waals surface area contributed by atoms with Crippen molar-refractivity contribution in [1.82, 2.24) is 5.32 Å². The molecule has 0 bridgehead atoms. The van der Waals surface area contributed by atoms with Crippen LogP contribution in [0.25, 0.3) is 0 Å². The van der Waals surface area contributed by atoms with Crippen molar-refractivity contribution in [2.24, 2.45) is 0 Å². The second-order valence-electron chi connectivity index (χ2n) is 5.87. The Balaban J connectivity index is 1.65. The van der Waals surface area contributed by atoms with E-state index in [1.807, 2.05) is 36.4 Å². The molecular weight excluding hydrogens is 417 g/mol. The molecule has 0 spiro atoms. The van der Waals surface area contributed by atoms with Crippen LogP contribution in [0.4, 0.5) is 4.39 Å². The van der Waals surface area contributed by atoms with E-state index < -0.39 is 0 Å². The molecule has 0 radical (unpaired) electrons. The lowest BCUT2D eigenvalue weighted by molar-refractivity contribution is 0.302. The summed E-state index contributed by atoms with van der Waals surface area (Å²) in [6, 6.07) is 20.4. The predicted molar refractivity (Wildman–Crippen MR) is 107 cm³/mol. The van der Waals surface area contributed by atoms with E-state index in [1.54, 1.807) is 6.07 Å². The molecule has 0 fully saturated rings. The fraction of sp³-hybridized carbons (Fsp3) is 0.143. The van der Waals surface area contributed by atoms with E-state index in [0.717, 1.165) is 27.9 Å². The third-order valence-electron chi connectivity index (χ3n) is 3.91. The summed E-state index contributed by atoms with van der Waals surface area (Å²) in [5, 5.41) is 3.79. The smallest absolute Gasteiger partial charge is 0.124 e. The molecule has 0 heterocycles. The Morgan fingerprint density at radius 1 is 0.923 bits per heavy atom. The molecule has 0 unspecified atom stereocenters. The van der Waals surface area contributed by atoms with Gasteiger partial charge in [0.1, 0.15) is 18.2 Å². The molecule has 26 heavy (non-hydrogen) atoms. The first-order chi connectivity index (χ1) is 12.6. The van der Waals surface area contributed by atoms with Crippen LogP contribution in [0.2, 0.25) is 5.02 Å². The largest absolute Gasteiger partial charge is 0.489 e. The summed E-state index contributed by atoms with van der Waals surface area (Å²) in [6.07, 6.45) is 0. The third kappa shape index (κ3) is 5.31. The molecule has 3 aromatic carbocycles. The van der Waals surface area contributed by atoms with Crippen LogP contribution in [-0.4, -0.2) is 0 Å². The molecule has 5 heteroatoms. The van der Waals surface area contributed by atoms with Crippen molar-refractivity contribution < 1.29 is 9.13 Å². The predicted octanol–water partition coefficient (Wildman–Crippen LogP) is 6.11. The second-order valence-corrected chi connectivity index (χ2v) is 7.19. The zero-order valence-electron chi connectivity index (χ0n) is 14.0. The minimum atomic E-state index is -0.354. The van der Waals surface area contributed by atoms with Crippen LogP contribution in [0, 0.1) is 5.82 Å². The van der Waals surface area contributed by atoms with Gasteiger partial charge in [0.2, 0.25) is 0 Å². The van der Waals surface area contributed by atoms with E-state index in [0.29, 0.717) is 11.6 Å². The van der Waals surface area contributed by atoms with E-state index in [-0.39, 0.29) is 12.4 Å². The van der Waals surface area contributed by atoms with Crippen LogP contribution < -0.4 is 10.1 Å². The Hall–Kier alpha value is -1.88. The van der Waals surface area contributed by atoms with E-state index in [2.05, 4.69) is 33.4 Å². The molecule has 3 aromatic rings.